The van der Waals surface area contributed by atoms with Crippen LogP contribution in [-0.4, -0.2) is 10.4 Å². The number of aryl methyl sites for hydroxylation is 1. The van der Waals surface area contributed by atoms with Crippen molar-refractivity contribution < 1.29 is 18.0 Å². The molecule has 5 heteroatoms. The van der Waals surface area contributed by atoms with Crippen LogP contribution in [0.4, 0.5) is 13.2 Å². The van der Waals surface area contributed by atoms with Crippen molar-refractivity contribution in [1.29, 1.82) is 0 Å². The van der Waals surface area contributed by atoms with Crippen molar-refractivity contribution in [2.24, 2.45) is 0 Å². The summed E-state index contributed by atoms with van der Waals surface area (Å²) in [5, 5.41) is 0. The molecule has 0 N–H and O–H groups in total. The SMILES string of the molecule is Cc1cc2c(n1-c1cc(F)c(F)c(F)c1)CCCC2=O. The van der Waals surface area contributed by atoms with Crippen LogP contribution < -0.4 is 0 Å². The van der Waals surface area contributed by atoms with Gasteiger partial charge in [0.05, 0.1) is 5.69 Å². The van der Waals surface area contributed by atoms with E-state index < -0.39 is 17.5 Å². The van der Waals surface area contributed by atoms with Crippen molar-refractivity contribution in [1.82, 2.24) is 4.57 Å². The molecule has 3 rings (SSSR count). The molecule has 0 saturated carbocycles. The minimum atomic E-state index is -1.48. The molecule has 1 heterocycles. The fraction of sp³-hybridized carbons (Fsp3) is 0.267. The summed E-state index contributed by atoms with van der Waals surface area (Å²) >= 11 is 0. The molecule has 0 aliphatic heterocycles. The van der Waals surface area contributed by atoms with E-state index in [0.29, 0.717) is 30.5 Å². The molecular formula is C15H12F3NO. The van der Waals surface area contributed by atoms with Gasteiger partial charge >= 0.3 is 0 Å². The van der Waals surface area contributed by atoms with Crippen LogP contribution in [0.1, 0.15) is 34.6 Å². The zero-order chi connectivity index (χ0) is 14.4. The molecule has 20 heavy (non-hydrogen) atoms. The molecule has 0 radical (unpaired) electrons. The van der Waals surface area contributed by atoms with E-state index in [4.69, 9.17) is 0 Å². The van der Waals surface area contributed by atoms with E-state index in [1.54, 1.807) is 17.6 Å². The highest BCUT2D eigenvalue weighted by Gasteiger charge is 2.24. The molecule has 0 saturated heterocycles. The Balaban J connectivity index is 2.23. The number of carbonyl (C=O) groups is 1. The Morgan fingerprint density at radius 2 is 1.70 bits per heavy atom. The van der Waals surface area contributed by atoms with E-state index >= 15 is 0 Å². The molecule has 0 fully saturated rings. The first-order valence-corrected chi connectivity index (χ1v) is 6.38. The van der Waals surface area contributed by atoms with Crippen LogP contribution in [0.3, 0.4) is 0 Å². The minimum Gasteiger partial charge on any atom is -0.317 e. The van der Waals surface area contributed by atoms with Gasteiger partial charge in [-0.25, -0.2) is 13.2 Å². The Labute approximate surface area is 113 Å². The number of nitrogens with zero attached hydrogens (tertiary/aromatic N) is 1. The number of carbonyl (C=O) groups excluding carboxylic acids is 1. The van der Waals surface area contributed by atoms with Crippen molar-refractivity contribution in [3.63, 3.8) is 0 Å². The normalized spacial score (nSPS) is 14.5. The zero-order valence-electron chi connectivity index (χ0n) is 10.8. The van der Waals surface area contributed by atoms with Crippen molar-refractivity contribution in [3.8, 4) is 5.69 Å². The first-order chi connectivity index (χ1) is 9.49. The Morgan fingerprint density at radius 3 is 2.35 bits per heavy atom. The van der Waals surface area contributed by atoms with Crippen LogP contribution in [0.15, 0.2) is 18.2 Å². The average molecular weight is 279 g/mol. The number of hydrogen-bond donors (Lipinski definition) is 0. The average Bonchev–Trinajstić information content (AvgIpc) is 2.73. The number of fused-ring (bicyclic) bond motifs is 1. The van der Waals surface area contributed by atoms with E-state index in [9.17, 15) is 18.0 Å². The Morgan fingerprint density at radius 1 is 1.05 bits per heavy atom. The summed E-state index contributed by atoms with van der Waals surface area (Å²) in [7, 11) is 0. The lowest BCUT2D eigenvalue weighted by molar-refractivity contribution is 0.0972. The minimum absolute atomic E-state index is 0.0381. The number of Topliss-reactive ketones (excluding diaryl/α,β-unsaturated/α-hetero) is 1. The predicted molar refractivity (Wildman–Crippen MR) is 67.6 cm³/mol. The molecule has 2 nitrogen and oxygen atoms in total. The number of hydrogen-bond acceptors (Lipinski definition) is 1. The van der Waals surface area contributed by atoms with Gasteiger partial charge < -0.3 is 4.57 Å². The highest BCUT2D eigenvalue weighted by molar-refractivity contribution is 5.98. The third-order valence-electron chi connectivity index (χ3n) is 3.63. The molecule has 0 bridgehead atoms. The smallest absolute Gasteiger partial charge is 0.194 e. The van der Waals surface area contributed by atoms with Gasteiger partial charge in [-0.05, 0) is 25.8 Å². The summed E-state index contributed by atoms with van der Waals surface area (Å²) in [6.45, 7) is 1.75. The second kappa shape index (κ2) is 4.51. The van der Waals surface area contributed by atoms with Gasteiger partial charge in [-0.1, -0.05) is 0 Å². The molecule has 0 atom stereocenters. The molecule has 1 aliphatic rings. The first-order valence-electron chi connectivity index (χ1n) is 6.38. The highest BCUT2D eigenvalue weighted by Crippen LogP contribution is 2.29. The molecule has 2 aromatic rings. The number of aromatic nitrogens is 1. The van der Waals surface area contributed by atoms with Gasteiger partial charge in [0, 0.05) is 35.5 Å². The molecule has 0 unspecified atom stereocenters. The molecule has 1 aromatic carbocycles. The van der Waals surface area contributed by atoms with Crippen LogP contribution >= 0.6 is 0 Å². The van der Waals surface area contributed by atoms with Crippen LogP contribution in [0.5, 0.6) is 0 Å². The lowest BCUT2D eigenvalue weighted by atomic mass is 9.96. The lowest BCUT2D eigenvalue weighted by Gasteiger charge is -2.16. The summed E-state index contributed by atoms with van der Waals surface area (Å²) in [6, 6.07) is 3.62. The summed E-state index contributed by atoms with van der Waals surface area (Å²) in [4.78, 5) is 11.8. The van der Waals surface area contributed by atoms with E-state index in [-0.39, 0.29) is 11.5 Å². The van der Waals surface area contributed by atoms with Crippen molar-refractivity contribution in [2.45, 2.75) is 26.2 Å². The quantitative estimate of drug-likeness (QED) is 0.729. The Kier molecular flexibility index (Phi) is 2.92. The van der Waals surface area contributed by atoms with Crippen molar-refractivity contribution >= 4 is 5.78 Å². The van der Waals surface area contributed by atoms with Gasteiger partial charge in [0.15, 0.2) is 23.2 Å². The molecular weight excluding hydrogens is 267 g/mol. The predicted octanol–water partition coefficient (Wildman–Crippen LogP) is 3.72. The van der Waals surface area contributed by atoms with Gasteiger partial charge in [0.25, 0.3) is 0 Å². The van der Waals surface area contributed by atoms with Crippen LogP contribution in [-0.2, 0) is 6.42 Å². The maximum absolute atomic E-state index is 13.4. The largest absolute Gasteiger partial charge is 0.317 e. The van der Waals surface area contributed by atoms with Crippen molar-refractivity contribution in [3.05, 3.63) is 52.6 Å². The van der Waals surface area contributed by atoms with Crippen LogP contribution in [0.25, 0.3) is 5.69 Å². The number of halogens is 3. The van der Waals surface area contributed by atoms with Gasteiger partial charge in [-0.3, -0.25) is 4.79 Å². The lowest BCUT2D eigenvalue weighted by Crippen LogP contribution is -2.13. The Bertz CT molecular complexity index is 695. The summed E-state index contributed by atoms with van der Waals surface area (Å²) in [5.74, 6) is -3.91. The van der Waals surface area contributed by atoms with Gasteiger partial charge in [-0.15, -0.1) is 0 Å². The number of ketones is 1. The standard InChI is InChI=1S/C15H12F3NO/c1-8-5-10-13(3-2-4-14(10)20)19(8)9-6-11(16)15(18)12(17)7-9/h5-7H,2-4H2,1H3. The number of rotatable bonds is 1. The van der Waals surface area contributed by atoms with Crippen LogP contribution in [0.2, 0.25) is 0 Å². The summed E-state index contributed by atoms with van der Waals surface area (Å²) in [5.41, 5.74) is 2.24. The highest BCUT2D eigenvalue weighted by atomic mass is 19.2. The topological polar surface area (TPSA) is 22.0 Å². The van der Waals surface area contributed by atoms with Crippen molar-refractivity contribution in [2.75, 3.05) is 0 Å². The zero-order valence-corrected chi connectivity index (χ0v) is 10.8. The summed E-state index contributed by atoms with van der Waals surface area (Å²) in [6.07, 6.45) is 1.86. The molecule has 1 aliphatic carbocycles. The van der Waals surface area contributed by atoms with E-state index in [1.807, 2.05) is 0 Å². The molecule has 0 amide bonds. The van der Waals surface area contributed by atoms with Crippen LogP contribution in [0, 0.1) is 24.4 Å². The second-order valence-corrected chi connectivity index (χ2v) is 4.98. The van der Waals surface area contributed by atoms with E-state index in [0.717, 1.165) is 17.8 Å². The second-order valence-electron chi connectivity index (χ2n) is 4.98. The first kappa shape index (κ1) is 13.0. The third-order valence-corrected chi connectivity index (χ3v) is 3.63. The van der Waals surface area contributed by atoms with Gasteiger partial charge in [0.1, 0.15) is 0 Å². The fourth-order valence-corrected chi connectivity index (χ4v) is 2.76. The summed E-state index contributed by atoms with van der Waals surface area (Å²) < 4.78 is 41.4. The maximum atomic E-state index is 13.4. The number of benzene rings is 1. The molecule has 104 valence electrons. The van der Waals surface area contributed by atoms with E-state index in [2.05, 4.69) is 0 Å². The fourth-order valence-electron chi connectivity index (χ4n) is 2.76. The monoisotopic (exact) mass is 279 g/mol. The third kappa shape index (κ3) is 1.85. The maximum Gasteiger partial charge on any atom is 0.194 e. The van der Waals surface area contributed by atoms with Gasteiger partial charge in [0.2, 0.25) is 0 Å². The van der Waals surface area contributed by atoms with E-state index in [1.165, 1.54) is 0 Å². The molecule has 0 spiro atoms. The van der Waals surface area contributed by atoms with Gasteiger partial charge in [-0.2, -0.15) is 0 Å². The Hall–Kier alpha value is -2.04. The molecule has 1 aromatic heterocycles.